The van der Waals surface area contributed by atoms with E-state index >= 15 is 0 Å². The first-order valence-corrected chi connectivity index (χ1v) is 9.69. The number of ether oxygens (including phenoxy) is 2. The van der Waals surface area contributed by atoms with Crippen molar-refractivity contribution in [2.45, 2.75) is 13.1 Å². The summed E-state index contributed by atoms with van der Waals surface area (Å²) in [7, 11) is 3.00. The van der Waals surface area contributed by atoms with E-state index in [2.05, 4.69) is 22.0 Å². The summed E-state index contributed by atoms with van der Waals surface area (Å²) in [4.78, 5) is 4.49. The Morgan fingerprint density at radius 1 is 1.27 bits per heavy atom. The number of amidine groups is 1. The van der Waals surface area contributed by atoms with Gasteiger partial charge in [-0.1, -0.05) is 29.8 Å². The SMILES string of the molecule is C=C1C=C(c2c(Cl)c(OC)cc(OC)c2Cl)NC(=NCc2cnn(CCO)c2)C1=N. The number of aliphatic hydroxyl groups excluding tert-OH is 1. The molecule has 3 N–H and O–H groups in total. The smallest absolute Gasteiger partial charge is 0.151 e. The molecule has 0 amide bonds. The van der Waals surface area contributed by atoms with Gasteiger partial charge in [0.15, 0.2) is 5.84 Å². The summed E-state index contributed by atoms with van der Waals surface area (Å²) < 4.78 is 12.3. The van der Waals surface area contributed by atoms with E-state index in [1.807, 2.05) is 0 Å². The average molecular weight is 450 g/mol. The summed E-state index contributed by atoms with van der Waals surface area (Å²) in [5, 5.41) is 25.2. The van der Waals surface area contributed by atoms with Gasteiger partial charge in [0.1, 0.15) is 17.2 Å². The third-order valence-corrected chi connectivity index (χ3v) is 5.16. The van der Waals surface area contributed by atoms with Crippen LogP contribution in [0.4, 0.5) is 0 Å². The number of hydrogen-bond donors (Lipinski definition) is 3. The standard InChI is InChI=1S/C20H21Cl2N5O3/c1-11-6-13(16-17(21)14(29-2)7-15(30-3)18(16)22)26-20(19(11)23)24-8-12-9-25-27(10-12)4-5-28/h6-7,9-10,23,28H,1,4-5,8H2,2-3H3,(H,24,26). The summed E-state index contributed by atoms with van der Waals surface area (Å²) >= 11 is 13.0. The molecule has 158 valence electrons. The molecule has 0 unspecified atom stereocenters. The number of benzene rings is 1. The molecule has 1 aromatic carbocycles. The van der Waals surface area contributed by atoms with E-state index in [9.17, 15) is 0 Å². The Hall–Kier alpha value is -2.81. The number of aromatic nitrogens is 2. The molecular weight excluding hydrogens is 429 g/mol. The van der Waals surface area contributed by atoms with Gasteiger partial charge in [0.25, 0.3) is 0 Å². The Kier molecular flexibility index (Phi) is 6.81. The van der Waals surface area contributed by atoms with Gasteiger partial charge in [0.2, 0.25) is 0 Å². The van der Waals surface area contributed by atoms with Crippen LogP contribution in [0.2, 0.25) is 10.0 Å². The number of aliphatic imine (C=N–C) groups is 1. The second-order valence-corrected chi connectivity index (χ2v) is 7.12. The predicted molar refractivity (Wildman–Crippen MR) is 118 cm³/mol. The van der Waals surface area contributed by atoms with Gasteiger partial charge in [-0.3, -0.25) is 15.1 Å². The number of methoxy groups -OCH3 is 2. The number of nitrogens with zero attached hydrogens (tertiary/aromatic N) is 3. The van der Waals surface area contributed by atoms with Gasteiger partial charge < -0.3 is 19.9 Å². The zero-order valence-corrected chi connectivity index (χ0v) is 18.0. The van der Waals surface area contributed by atoms with Gasteiger partial charge in [-0.25, -0.2) is 0 Å². The van der Waals surface area contributed by atoms with Gasteiger partial charge in [0, 0.05) is 23.4 Å². The van der Waals surface area contributed by atoms with Gasteiger partial charge in [-0.2, -0.15) is 5.10 Å². The first-order valence-electron chi connectivity index (χ1n) is 8.93. The van der Waals surface area contributed by atoms with Crippen molar-refractivity contribution >= 4 is 40.4 Å². The second kappa shape index (κ2) is 9.34. The van der Waals surface area contributed by atoms with Crippen LogP contribution in [-0.4, -0.2) is 47.3 Å². The predicted octanol–water partition coefficient (Wildman–Crippen LogP) is 3.32. The molecule has 0 radical (unpaired) electrons. The van der Waals surface area contributed by atoms with E-state index in [1.54, 1.807) is 29.2 Å². The molecular formula is C20H21Cl2N5O3. The number of aliphatic hydroxyl groups is 1. The fourth-order valence-electron chi connectivity index (χ4n) is 2.88. The van der Waals surface area contributed by atoms with Crippen LogP contribution in [0.1, 0.15) is 11.1 Å². The van der Waals surface area contributed by atoms with Crippen molar-refractivity contribution in [3.63, 3.8) is 0 Å². The van der Waals surface area contributed by atoms with Gasteiger partial charge in [0.05, 0.1) is 55.9 Å². The fourth-order valence-corrected chi connectivity index (χ4v) is 3.59. The van der Waals surface area contributed by atoms with Crippen molar-refractivity contribution in [2.75, 3.05) is 20.8 Å². The Bertz CT molecular complexity index is 1030. The minimum atomic E-state index is 0.00133. The minimum absolute atomic E-state index is 0.00133. The Morgan fingerprint density at radius 2 is 1.93 bits per heavy atom. The molecule has 2 heterocycles. The van der Waals surface area contributed by atoms with Gasteiger partial charge in [-0.15, -0.1) is 0 Å². The van der Waals surface area contributed by atoms with Crippen molar-refractivity contribution in [3.8, 4) is 11.5 Å². The molecule has 10 heteroatoms. The van der Waals surface area contributed by atoms with E-state index in [1.165, 1.54) is 14.2 Å². The van der Waals surface area contributed by atoms with E-state index in [-0.39, 0.29) is 12.3 Å². The molecule has 1 aliphatic rings. The molecule has 1 aliphatic heterocycles. The number of rotatable bonds is 7. The van der Waals surface area contributed by atoms with Crippen LogP contribution >= 0.6 is 23.2 Å². The summed E-state index contributed by atoms with van der Waals surface area (Å²) in [6.07, 6.45) is 5.13. The molecule has 2 aromatic rings. The van der Waals surface area contributed by atoms with Crippen molar-refractivity contribution in [2.24, 2.45) is 4.99 Å². The third kappa shape index (κ3) is 4.35. The van der Waals surface area contributed by atoms with E-state index in [0.717, 1.165) is 5.56 Å². The lowest BCUT2D eigenvalue weighted by Crippen LogP contribution is -2.34. The maximum atomic E-state index is 9.00. The van der Waals surface area contributed by atoms with Crippen LogP contribution in [0.5, 0.6) is 11.5 Å². The van der Waals surface area contributed by atoms with Crippen molar-refractivity contribution in [1.82, 2.24) is 15.1 Å². The van der Waals surface area contributed by atoms with Gasteiger partial charge >= 0.3 is 0 Å². The van der Waals surface area contributed by atoms with Crippen molar-refractivity contribution in [3.05, 3.63) is 57.9 Å². The first kappa shape index (κ1) is 21.9. The second-order valence-electron chi connectivity index (χ2n) is 6.37. The van der Waals surface area contributed by atoms with Crippen molar-refractivity contribution in [1.29, 1.82) is 5.41 Å². The summed E-state index contributed by atoms with van der Waals surface area (Å²) in [6, 6.07) is 1.60. The van der Waals surface area contributed by atoms with Crippen LogP contribution in [0.15, 0.2) is 41.7 Å². The summed E-state index contributed by atoms with van der Waals surface area (Å²) in [5.74, 6) is 1.12. The van der Waals surface area contributed by atoms with Crippen LogP contribution in [0.25, 0.3) is 5.70 Å². The first-order chi connectivity index (χ1) is 14.4. The average Bonchev–Trinajstić information content (AvgIpc) is 3.17. The van der Waals surface area contributed by atoms with Crippen LogP contribution in [-0.2, 0) is 13.1 Å². The Labute approximate surface area is 183 Å². The van der Waals surface area contributed by atoms with E-state index in [4.69, 9.17) is 43.2 Å². The molecule has 3 rings (SSSR count). The maximum Gasteiger partial charge on any atom is 0.151 e. The van der Waals surface area contributed by atoms with Crippen LogP contribution < -0.4 is 14.8 Å². The molecule has 0 fully saturated rings. The highest BCUT2D eigenvalue weighted by Gasteiger charge is 2.25. The summed E-state index contributed by atoms with van der Waals surface area (Å²) in [6.45, 7) is 4.63. The molecule has 8 nitrogen and oxygen atoms in total. The zero-order valence-electron chi connectivity index (χ0n) is 16.5. The highest BCUT2D eigenvalue weighted by Crippen LogP contribution is 2.43. The van der Waals surface area contributed by atoms with E-state index < -0.39 is 0 Å². The Balaban J connectivity index is 1.95. The molecule has 0 saturated carbocycles. The van der Waals surface area contributed by atoms with E-state index in [0.29, 0.717) is 57.3 Å². The lowest BCUT2D eigenvalue weighted by atomic mass is 10.0. The molecule has 1 aromatic heterocycles. The fraction of sp³-hybridized carbons (Fsp3) is 0.250. The number of halogens is 2. The molecule has 30 heavy (non-hydrogen) atoms. The lowest BCUT2D eigenvalue weighted by Gasteiger charge is -2.23. The maximum absolute atomic E-state index is 9.00. The van der Waals surface area contributed by atoms with Gasteiger partial charge in [-0.05, 0) is 11.6 Å². The van der Waals surface area contributed by atoms with Crippen LogP contribution in [0, 0.1) is 5.41 Å². The Morgan fingerprint density at radius 3 is 2.53 bits per heavy atom. The molecule has 0 spiro atoms. The largest absolute Gasteiger partial charge is 0.495 e. The quantitative estimate of drug-likeness (QED) is 0.601. The molecule has 0 atom stereocenters. The lowest BCUT2D eigenvalue weighted by molar-refractivity contribution is 0.269. The third-order valence-electron chi connectivity index (χ3n) is 4.41. The molecule has 0 bridgehead atoms. The van der Waals surface area contributed by atoms with Crippen LogP contribution in [0.3, 0.4) is 0 Å². The summed E-state index contributed by atoms with van der Waals surface area (Å²) in [5.41, 5.74) is 2.44. The normalized spacial score (nSPS) is 15.2. The highest BCUT2D eigenvalue weighted by atomic mass is 35.5. The number of hydrogen-bond acceptors (Lipinski definition) is 6. The minimum Gasteiger partial charge on any atom is -0.495 e. The molecule has 0 aliphatic carbocycles. The topological polar surface area (TPSA) is 105 Å². The monoisotopic (exact) mass is 449 g/mol. The number of allylic oxidation sites excluding steroid dienone is 1. The van der Waals surface area contributed by atoms with Crippen molar-refractivity contribution < 1.29 is 14.6 Å². The highest BCUT2D eigenvalue weighted by molar-refractivity contribution is 6.50. The zero-order chi connectivity index (χ0) is 21.8. The number of nitrogens with one attached hydrogen (secondary N) is 2. The molecule has 0 saturated heterocycles.